The van der Waals surface area contributed by atoms with E-state index in [4.69, 9.17) is 4.55 Å². The Bertz CT molecular complexity index is 303. The molecule has 2 amide bonds. The van der Waals surface area contributed by atoms with E-state index >= 15 is 0 Å². The van der Waals surface area contributed by atoms with Gasteiger partial charge in [0.05, 0.1) is 6.42 Å². The Balaban J connectivity index is -0.000000605. The SMILES string of the molecule is NC(=O)CC(C(N)=O)S(=O)(=O)O.[Na].[Na]. The van der Waals surface area contributed by atoms with Crippen LogP contribution in [0.3, 0.4) is 0 Å². The summed E-state index contributed by atoms with van der Waals surface area (Å²) in [6.07, 6.45) is -0.811. The summed E-state index contributed by atoms with van der Waals surface area (Å²) in [4.78, 5) is 20.6. The number of nitrogens with two attached hydrogens (primary N) is 2. The van der Waals surface area contributed by atoms with E-state index in [9.17, 15) is 18.0 Å². The second-order valence-electron chi connectivity index (χ2n) is 2.08. The van der Waals surface area contributed by atoms with Crippen molar-refractivity contribution in [1.29, 1.82) is 0 Å². The zero-order chi connectivity index (χ0) is 9.94. The summed E-state index contributed by atoms with van der Waals surface area (Å²) in [6, 6.07) is 0. The molecule has 0 bridgehead atoms. The summed E-state index contributed by atoms with van der Waals surface area (Å²) in [5.41, 5.74) is 9.19. The topological polar surface area (TPSA) is 141 Å². The zero-order valence-electron chi connectivity index (χ0n) is 7.93. The molecule has 0 aromatic carbocycles. The van der Waals surface area contributed by atoms with Gasteiger partial charge >= 0.3 is 0 Å². The van der Waals surface area contributed by atoms with Crippen molar-refractivity contribution < 1.29 is 22.6 Å². The summed E-state index contributed by atoms with van der Waals surface area (Å²) in [6.45, 7) is 0. The molecule has 7 nitrogen and oxygen atoms in total. The molecule has 0 saturated heterocycles. The smallest absolute Gasteiger partial charge is 0.277 e. The fraction of sp³-hybridized carbons (Fsp3) is 0.500. The van der Waals surface area contributed by atoms with Gasteiger partial charge in [-0.2, -0.15) is 8.42 Å². The molecule has 0 aliphatic carbocycles. The summed E-state index contributed by atoms with van der Waals surface area (Å²) in [7, 11) is -4.63. The van der Waals surface area contributed by atoms with Gasteiger partial charge in [-0.3, -0.25) is 14.1 Å². The molecule has 0 aliphatic rings. The van der Waals surface area contributed by atoms with Gasteiger partial charge in [0.1, 0.15) is 0 Å². The zero-order valence-corrected chi connectivity index (χ0v) is 12.7. The molecule has 72 valence electrons. The van der Waals surface area contributed by atoms with Gasteiger partial charge in [0, 0.05) is 59.1 Å². The van der Waals surface area contributed by atoms with Crippen molar-refractivity contribution in [1.82, 2.24) is 0 Å². The Kier molecular flexibility index (Phi) is 11.7. The van der Waals surface area contributed by atoms with Crippen LogP contribution in [-0.2, 0) is 19.7 Å². The number of carbonyl (C=O) groups is 2. The molecule has 0 rings (SSSR count). The van der Waals surface area contributed by atoms with Crippen LogP contribution in [0.2, 0.25) is 0 Å². The second kappa shape index (κ2) is 8.05. The maximum absolute atomic E-state index is 10.4. The Morgan fingerprint density at radius 3 is 1.64 bits per heavy atom. The molecular weight excluding hydrogens is 234 g/mol. The van der Waals surface area contributed by atoms with Crippen molar-refractivity contribution in [2.75, 3.05) is 0 Å². The van der Waals surface area contributed by atoms with Crippen molar-refractivity contribution in [2.45, 2.75) is 11.7 Å². The van der Waals surface area contributed by atoms with Crippen molar-refractivity contribution in [3.63, 3.8) is 0 Å². The quantitative estimate of drug-likeness (QED) is 0.352. The summed E-state index contributed by atoms with van der Waals surface area (Å²) in [5.74, 6) is -2.34. The molecule has 1 unspecified atom stereocenters. The van der Waals surface area contributed by atoms with Gasteiger partial charge in [-0.15, -0.1) is 0 Å². The number of hydrogen-bond acceptors (Lipinski definition) is 4. The van der Waals surface area contributed by atoms with Crippen LogP contribution in [0, 0.1) is 0 Å². The maximum atomic E-state index is 10.4. The van der Waals surface area contributed by atoms with Crippen molar-refractivity contribution >= 4 is 81.0 Å². The molecule has 0 aromatic heterocycles. The van der Waals surface area contributed by atoms with Crippen LogP contribution < -0.4 is 11.5 Å². The Morgan fingerprint density at radius 2 is 1.57 bits per heavy atom. The average molecular weight is 242 g/mol. The van der Waals surface area contributed by atoms with E-state index in [0.717, 1.165) is 0 Å². The van der Waals surface area contributed by atoms with Gasteiger partial charge in [0.25, 0.3) is 10.1 Å². The van der Waals surface area contributed by atoms with Gasteiger partial charge in [0.15, 0.2) is 5.25 Å². The predicted molar refractivity (Wildman–Crippen MR) is 49.9 cm³/mol. The second-order valence-corrected chi connectivity index (χ2v) is 3.68. The molecule has 0 aromatic rings. The molecule has 5 N–H and O–H groups in total. The molecule has 1 atom stereocenters. The molecule has 0 spiro atoms. The van der Waals surface area contributed by atoms with Crippen LogP contribution in [0.15, 0.2) is 0 Å². The predicted octanol–water partition coefficient (Wildman–Crippen LogP) is -3.16. The van der Waals surface area contributed by atoms with E-state index in [1.165, 1.54) is 0 Å². The number of amides is 2. The van der Waals surface area contributed by atoms with E-state index in [-0.39, 0.29) is 59.1 Å². The molecule has 0 aliphatic heterocycles. The molecule has 14 heavy (non-hydrogen) atoms. The Labute approximate surface area is 125 Å². The van der Waals surface area contributed by atoms with Crippen LogP contribution in [-0.4, -0.2) is 89.1 Å². The molecule has 0 fully saturated rings. The monoisotopic (exact) mass is 242 g/mol. The third kappa shape index (κ3) is 8.18. The first-order chi connectivity index (χ1) is 5.25. The molecule has 0 saturated carbocycles. The number of carbonyl (C=O) groups excluding carboxylic acids is 2. The molecular formula is C4H8N2Na2O5S. The van der Waals surface area contributed by atoms with E-state index < -0.39 is 33.6 Å². The van der Waals surface area contributed by atoms with Crippen LogP contribution in [0.25, 0.3) is 0 Å². The van der Waals surface area contributed by atoms with Gasteiger partial charge < -0.3 is 11.5 Å². The number of hydrogen-bond donors (Lipinski definition) is 3. The van der Waals surface area contributed by atoms with E-state index in [1.807, 2.05) is 0 Å². The third-order valence-electron chi connectivity index (χ3n) is 1.06. The normalized spacial score (nSPS) is 11.8. The number of primary amides is 2. The van der Waals surface area contributed by atoms with E-state index in [2.05, 4.69) is 11.5 Å². The minimum Gasteiger partial charge on any atom is -0.370 e. The summed E-state index contributed by atoms with van der Waals surface area (Å²) < 4.78 is 29.1. The Morgan fingerprint density at radius 1 is 1.21 bits per heavy atom. The van der Waals surface area contributed by atoms with Gasteiger partial charge in [-0.05, 0) is 0 Å². The molecule has 0 heterocycles. The fourth-order valence-corrected chi connectivity index (χ4v) is 1.20. The minimum absolute atomic E-state index is 0. The number of rotatable bonds is 4. The van der Waals surface area contributed by atoms with Gasteiger partial charge in [-0.1, -0.05) is 0 Å². The van der Waals surface area contributed by atoms with Crippen LogP contribution >= 0.6 is 0 Å². The van der Waals surface area contributed by atoms with E-state index in [1.54, 1.807) is 0 Å². The van der Waals surface area contributed by atoms with E-state index in [0.29, 0.717) is 0 Å². The van der Waals surface area contributed by atoms with Gasteiger partial charge in [0.2, 0.25) is 11.8 Å². The van der Waals surface area contributed by atoms with Crippen molar-refractivity contribution in [2.24, 2.45) is 11.5 Å². The largest absolute Gasteiger partial charge is 0.370 e. The van der Waals surface area contributed by atoms with Crippen molar-refractivity contribution in [3.8, 4) is 0 Å². The Hall–Kier alpha value is 0.850. The van der Waals surface area contributed by atoms with Crippen LogP contribution in [0.5, 0.6) is 0 Å². The molecule has 10 heteroatoms. The fourth-order valence-electron chi connectivity index (χ4n) is 0.535. The first-order valence-electron chi connectivity index (χ1n) is 2.79. The van der Waals surface area contributed by atoms with Crippen LogP contribution in [0.4, 0.5) is 0 Å². The standard InChI is InChI=1S/C4H8N2O5S.2Na/c5-3(7)1-2(4(6)8)12(9,10)11;;/h2H,1H2,(H2,5,7)(H2,6,8)(H,9,10,11);;. The maximum Gasteiger partial charge on any atom is 0.277 e. The first-order valence-corrected chi connectivity index (χ1v) is 4.29. The molecule has 2 radical (unpaired) electrons. The summed E-state index contributed by atoms with van der Waals surface area (Å²) in [5, 5.41) is -1.95. The summed E-state index contributed by atoms with van der Waals surface area (Å²) >= 11 is 0. The van der Waals surface area contributed by atoms with Crippen molar-refractivity contribution in [3.05, 3.63) is 0 Å². The van der Waals surface area contributed by atoms with Gasteiger partial charge in [-0.25, -0.2) is 0 Å². The minimum atomic E-state index is -4.63. The first kappa shape index (κ1) is 20.3. The third-order valence-corrected chi connectivity index (χ3v) is 2.18. The van der Waals surface area contributed by atoms with Crippen LogP contribution in [0.1, 0.15) is 6.42 Å². The average Bonchev–Trinajstić information content (AvgIpc) is 1.79.